The van der Waals surface area contributed by atoms with Crippen molar-refractivity contribution in [1.82, 2.24) is 9.88 Å². The van der Waals surface area contributed by atoms with Crippen molar-refractivity contribution in [3.63, 3.8) is 0 Å². The molecule has 1 aliphatic rings. The number of likely N-dealkylation sites (tertiary alicyclic amines) is 1. The SMILES string of the molecule is Cc1nc(COc2ccccc2/C=C/C(=O)Nc2ccccc2C(=O)N2CCCCC2)cs1. The Balaban J connectivity index is 1.42. The number of hydrogen-bond donors (Lipinski definition) is 1. The molecule has 0 unspecified atom stereocenters. The number of thiazole rings is 1. The third-order valence-electron chi connectivity index (χ3n) is 5.43. The number of carbonyl (C=O) groups excluding carboxylic acids is 2. The maximum Gasteiger partial charge on any atom is 0.255 e. The van der Waals surface area contributed by atoms with Gasteiger partial charge in [0.05, 0.1) is 22.0 Å². The fourth-order valence-electron chi connectivity index (χ4n) is 3.76. The van der Waals surface area contributed by atoms with Gasteiger partial charge in [0.25, 0.3) is 5.91 Å². The second kappa shape index (κ2) is 10.9. The average molecular weight is 462 g/mol. The van der Waals surface area contributed by atoms with Crippen molar-refractivity contribution in [3.8, 4) is 5.75 Å². The molecule has 1 saturated heterocycles. The molecule has 1 aromatic heterocycles. The van der Waals surface area contributed by atoms with Crippen molar-refractivity contribution in [2.75, 3.05) is 18.4 Å². The van der Waals surface area contributed by atoms with Gasteiger partial charge in [0.1, 0.15) is 12.4 Å². The molecule has 0 spiro atoms. The van der Waals surface area contributed by atoms with Crippen molar-refractivity contribution in [2.45, 2.75) is 32.8 Å². The van der Waals surface area contributed by atoms with Crippen LogP contribution >= 0.6 is 11.3 Å². The van der Waals surface area contributed by atoms with Crippen LogP contribution in [0.1, 0.15) is 45.9 Å². The predicted molar refractivity (Wildman–Crippen MR) is 131 cm³/mol. The zero-order chi connectivity index (χ0) is 23.0. The summed E-state index contributed by atoms with van der Waals surface area (Å²) in [6.07, 6.45) is 6.37. The summed E-state index contributed by atoms with van der Waals surface area (Å²) in [6.45, 7) is 3.85. The first-order chi connectivity index (χ1) is 16.1. The van der Waals surface area contributed by atoms with Crippen molar-refractivity contribution in [1.29, 1.82) is 0 Å². The second-order valence-electron chi connectivity index (χ2n) is 7.91. The number of benzene rings is 2. The molecule has 2 amide bonds. The topological polar surface area (TPSA) is 71.5 Å². The molecule has 2 heterocycles. The molecule has 33 heavy (non-hydrogen) atoms. The highest BCUT2D eigenvalue weighted by molar-refractivity contribution is 7.09. The molecular weight excluding hydrogens is 434 g/mol. The third-order valence-corrected chi connectivity index (χ3v) is 6.26. The van der Waals surface area contributed by atoms with Gasteiger partial charge in [0.15, 0.2) is 0 Å². The van der Waals surface area contributed by atoms with Gasteiger partial charge in [0.2, 0.25) is 5.91 Å². The van der Waals surface area contributed by atoms with Crippen LogP contribution in [0.5, 0.6) is 5.75 Å². The largest absolute Gasteiger partial charge is 0.487 e. The molecule has 3 aromatic rings. The highest BCUT2D eigenvalue weighted by Gasteiger charge is 2.20. The quantitative estimate of drug-likeness (QED) is 0.484. The summed E-state index contributed by atoms with van der Waals surface area (Å²) in [5, 5.41) is 5.83. The summed E-state index contributed by atoms with van der Waals surface area (Å²) < 4.78 is 5.92. The summed E-state index contributed by atoms with van der Waals surface area (Å²) in [4.78, 5) is 31.9. The number of aromatic nitrogens is 1. The maximum absolute atomic E-state index is 13.0. The second-order valence-corrected chi connectivity index (χ2v) is 8.97. The van der Waals surface area contributed by atoms with Gasteiger partial charge in [-0.1, -0.05) is 30.3 Å². The Bertz CT molecular complexity index is 1150. The van der Waals surface area contributed by atoms with Gasteiger partial charge in [-0.05, 0) is 50.5 Å². The number of carbonyl (C=O) groups is 2. The number of amides is 2. The van der Waals surface area contributed by atoms with Gasteiger partial charge in [-0.25, -0.2) is 4.98 Å². The van der Waals surface area contributed by atoms with E-state index in [4.69, 9.17) is 4.74 Å². The average Bonchev–Trinajstić information content (AvgIpc) is 3.27. The lowest BCUT2D eigenvalue weighted by atomic mass is 10.1. The molecule has 4 rings (SSSR count). The van der Waals surface area contributed by atoms with E-state index < -0.39 is 0 Å². The number of para-hydroxylation sites is 2. The molecule has 0 aliphatic carbocycles. The third kappa shape index (κ3) is 6.08. The summed E-state index contributed by atoms with van der Waals surface area (Å²) in [5.74, 6) is 0.331. The summed E-state index contributed by atoms with van der Waals surface area (Å²) >= 11 is 1.59. The first kappa shape index (κ1) is 22.7. The Morgan fingerprint density at radius 2 is 1.85 bits per heavy atom. The molecular formula is C26H27N3O3S. The molecule has 1 fully saturated rings. The minimum absolute atomic E-state index is 0.0365. The number of piperidine rings is 1. The molecule has 7 heteroatoms. The lowest BCUT2D eigenvalue weighted by Crippen LogP contribution is -2.36. The molecule has 0 atom stereocenters. The van der Waals surface area contributed by atoms with E-state index in [1.54, 1.807) is 29.5 Å². The van der Waals surface area contributed by atoms with E-state index in [0.717, 1.165) is 48.6 Å². The maximum atomic E-state index is 13.0. The molecule has 0 saturated carbocycles. The zero-order valence-electron chi connectivity index (χ0n) is 18.6. The predicted octanol–water partition coefficient (Wildman–Crippen LogP) is 5.31. The molecule has 6 nitrogen and oxygen atoms in total. The summed E-state index contributed by atoms with van der Waals surface area (Å²) in [5.41, 5.74) is 2.70. The number of aryl methyl sites for hydroxylation is 1. The Morgan fingerprint density at radius 3 is 2.64 bits per heavy atom. The van der Waals surface area contributed by atoms with E-state index in [2.05, 4.69) is 10.3 Å². The van der Waals surface area contributed by atoms with Gasteiger partial charge < -0.3 is 15.0 Å². The summed E-state index contributed by atoms with van der Waals surface area (Å²) in [7, 11) is 0. The lowest BCUT2D eigenvalue weighted by molar-refractivity contribution is -0.111. The number of ether oxygens (including phenoxy) is 1. The van der Waals surface area contributed by atoms with Gasteiger partial charge in [-0.3, -0.25) is 9.59 Å². The van der Waals surface area contributed by atoms with E-state index in [-0.39, 0.29) is 11.8 Å². The standard InChI is InChI=1S/C26H27N3O3S/c1-19-27-21(18-33-19)17-32-24-12-6-3-9-20(24)13-14-25(30)28-23-11-5-4-10-22(23)26(31)29-15-7-2-8-16-29/h3-6,9-14,18H,2,7-8,15-17H2,1H3,(H,28,30)/b14-13+. The van der Waals surface area contributed by atoms with Crippen LogP contribution in [0.2, 0.25) is 0 Å². The van der Waals surface area contributed by atoms with E-state index >= 15 is 0 Å². The van der Waals surface area contributed by atoms with Crippen molar-refractivity contribution in [3.05, 3.63) is 81.8 Å². The monoisotopic (exact) mass is 461 g/mol. The summed E-state index contributed by atoms with van der Waals surface area (Å²) in [6, 6.07) is 14.7. The normalized spacial score (nSPS) is 13.8. The van der Waals surface area contributed by atoms with Crippen LogP contribution in [0.3, 0.4) is 0 Å². The van der Waals surface area contributed by atoms with Crippen LogP contribution in [-0.2, 0) is 11.4 Å². The van der Waals surface area contributed by atoms with Gasteiger partial charge in [-0.2, -0.15) is 0 Å². The highest BCUT2D eigenvalue weighted by Crippen LogP contribution is 2.23. The van der Waals surface area contributed by atoms with Gasteiger partial charge >= 0.3 is 0 Å². The molecule has 0 radical (unpaired) electrons. The van der Waals surface area contributed by atoms with Crippen LogP contribution in [0.4, 0.5) is 5.69 Å². The number of hydrogen-bond acceptors (Lipinski definition) is 5. The Morgan fingerprint density at radius 1 is 1.09 bits per heavy atom. The molecule has 1 N–H and O–H groups in total. The number of anilines is 1. The Hall–Kier alpha value is -3.45. The van der Waals surface area contributed by atoms with E-state index in [0.29, 0.717) is 23.6 Å². The molecule has 2 aromatic carbocycles. The van der Waals surface area contributed by atoms with Crippen molar-refractivity contribution >= 4 is 34.9 Å². The van der Waals surface area contributed by atoms with Crippen molar-refractivity contribution in [2.24, 2.45) is 0 Å². The smallest absolute Gasteiger partial charge is 0.255 e. The minimum atomic E-state index is -0.307. The van der Waals surface area contributed by atoms with Crippen molar-refractivity contribution < 1.29 is 14.3 Å². The number of nitrogens with zero attached hydrogens (tertiary/aromatic N) is 2. The zero-order valence-corrected chi connectivity index (χ0v) is 19.4. The lowest BCUT2D eigenvalue weighted by Gasteiger charge is -2.27. The molecule has 170 valence electrons. The minimum Gasteiger partial charge on any atom is -0.487 e. The first-order valence-corrected chi connectivity index (χ1v) is 12.0. The van der Waals surface area contributed by atoms with E-state index in [1.165, 1.54) is 6.08 Å². The Labute approximate surface area is 197 Å². The molecule has 0 bridgehead atoms. The van der Waals surface area contributed by atoms with Crippen LogP contribution in [0, 0.1) is 6.92 Å². The number of rotatable bonds is 7. The van der Waals surface area contributed by atoms with Crippen LogP contribution < -0.4 is 10.1 Å². The fraction of sp³-hybridized carbons (Fsp3) is 0.269. The molecule has 1 aliphatic heterocycles. The van der Waals surface area contributed by atoms with E-state index in [1.807, 2.05) is 53.6 Å². The van der Waals surface area contributed by atoms with Gasteiger partial charge in [0, 0.05) is 30.1 Å². The number of nitrogens with one attached hydrogen (secondary N) is 1. The van der Waals surface area contributed by atoms with Gasteiger partial charge in [-0.15, -0.1) is 11.3 Å². The fourth-order valence-corrected chi connectivity index (χ4v) is 4.36. The van der Waals surface area contributed by atoms with E-state index in [9.17, 15) is 9.59 Å². The van der Waals surface area contributed by atoms with Crippen LogP contribution in [-0.4, -0.2) is 34.8 Å². The highest BCUT2D eigenvalue weighted by atomic mass is 32.1. The van der Waals surface area contributed by atoms with Crippen LogP contribution in [0.15, 0.2) is 60.0 Å². The Kier molecular flexibility index (Phi) is 7.52. The first-order valence-electron chi connectivity index (χ1n) is 11.1. The van der Waals surface area contributed by atoms with Crippen LogP contribution in [0.25, 0.3) is 6.08 Å².